The van der Waals surface area contributed by atoms with Gasteiger partial charge in [0.15, 0.2) is 5.76 Å². The minimum Gasteiger partial charge on any atom is -0.459 e. The summed E-state index contributed by atoms with van der Waals surface area (Å²) in [5.74, 6) is 3.98. The van der Waals surface area contributed by atoms with Gasteiger partial charge in [0.1, 0.15) is 0 Å². The van der Waals surface area contributed by atoms with E-state index < -0.39 is 5.91 Å². The second-order valence-electron chi connectivity index (χ2n) is 5.64. The number of rotatable bonds is 3. The summed E-state index contributed by atoms with van der Waals surface area (Å²) >= 11 is 0. The van der Waals surface area contributed by atoms with E-state index in [1.54, 1.807) is 6.07 Å². The van der Waals surface area contributed by atoms with Crippen molar-refractivity contribution in [1.82, 2.24) is 10.3 Å². The number of nitrogen functional groups attached to an aromatic ring is 1. The van der Waals surface area contributed by atoms with Crippen LogP contribution in [0.5, 0.6) is 0 Å². The first-order valence-corrected chi connectivity index (χ1v) is 6.24. The number of carbonyl (C=O) groups excluding carboxylic acids is 3. The molecule has 0 atom stereocenters. The van der Waals surface area contributed by atoms with E-state index in [9.17, 15) is 14.4 Å². The lowest BCUT2D eigenvalue weighted by atomic mass is 9.81. The van der Waals surface area contributed by atoms with E-state index >= 15 is 0 Å². The number of hydrazine groups is 1. The van der Waals surface area contributed by atoms with Crippen molar-refractivity contribution in [2.24, 2.45) is 11.3 Å². The molecule has 1 aliphatic heterocycles. The molecule has 0 unspecified atom stereocenters. The number of nitrogens with one attached hydrogen (secondary N) is 1. The molecule has 0 spiro atoms. The summed E-state index contributed by atoms with van der Waals surface area (Å²) in [6, 6.07) is 1.55. The molecule has 108 valence electrons. The SMILES string of the molecule is CC1(C)CC(=O)N(Cc2ccoc2C(=O)NN)C(=O)C1. The van der Waals surface area contributed by atoms with Crippen molar-refractivity contribution in [3.63, 3.8) is 0 Å². The number of imide groups is 1. The fourth-order valence-corrected chi connectivity index (χ4v) is 2.28. The van der Waals surface area contributed by atoms with E-state index in [4.69, 9.17) is 10.3 Å². The first kappa shape index (κ1) is 14.3. The van der Waals surface area contributed by atoms with E-state index in [1.807, 2.05) is 19.3 Å². The average Bonchev–Trinajstić information content (AvgIpc) is 2.79. The predicted octanol–water partition coefficient (Wildman–Crippen LogP) is 0.558. The normalized spacial score (nSPS) is 18.2. The van der Waals surface area contributed by atoms with E-state index in [0.29, 0.717) is 18.4 Å². The molecule has 2 rings (SSSR count). The van der Waals surface area contributed by atoms with E-state index in [-0.39, 0.29) is 29.5 Å². The minimum absolute atomic E-state index is 0.0120. The Morgan fingerprint density at radius 3 is 2.55 bits per heavy atom. The Kier molecular flexibility index (Phi) is 3.63. The van der Waals surface area contributed by atoms with Gasteiger partial charge < -0.3 is 4.42 Å². The Morgan fingerprint density at radius 2 is 2.00 bits per heavy atom. The van der Waals surface area contributed by atoms with Crippen molar-refractivity contribution in [2.75, 3.05) is 0 Å². The van der Waals surface area contributed by atoms with Gasteiger partial charge in [0, 0.05) is 18.4 Å². The van der Waals surface area contributed by atoms with Gasteiger partial charge in [0.2, 0.25) is 11.8 Å². The molecule has 1 saturated heterocycles. The highest BCUT2D eigenvalue weighted by Crippen LogP contribution is 2.32. The Balaban J connectivity index is 2.18. The van der Waals surface area contributed by atoms with Crippen molar-refractivity contribution in [3.8, 4) is 0 Å². The van der Waals surface area contributed by atoms with Gasteiger partial charge in [-0.2, -0.15) is 0 Å². The second-order valence-corrected chi connectivity index (χ2v) is 5.64. The summed E-state index contributed by atoms with van der Waals surface area (Å²) in [6.45, 7) is 3.78. The summed E-state index contributed by atoms with van der Waals surface area (Å²) < 4.78 is 5.03. The molecule has 7 heteroatoms. The van der Waals surface area contributed by atoms with Crippen LogP contribution in [-0.4, -0.2) is 22.6 Å². The van der Waals surface area contributed by atoms with Gasteiger partial charge in [0.05, 0.1) is 12.8 Å². The van der Waals surface area contributed by atoms with Crippen LogP contribution in [-0.2, 0) is 16.1 Å². The summed E-state index contributed by atoms with van der Waals surface area (Å²) in [5.41, 5.74) is 2.09. The van der Waals surface area contributed by atoms with Crippen LogP contribution in [0, 0.1) is 5.41 Å². The molecule has 1 aliphatic rings. The van der Waals surface area contributed by atoms with Crippen molar-refractivity contribution >= 4 is 17.7 Å². The van der Waals surface area contributed by atoms with E-state index in [1.165, 1.54) is 6.26 Å². The Morgan fingerprint density at radius 1 is 1.40 bits per heavy atom. The standard InChI is InChI=1S/C13H17N3O4/c1-13(2)5-9(17)16(10(18)6-13)7-8-3-4-20-11(8)12(19)15-14/h3-4H,5-7,14H2,1-2H3,(H,15,19). The zero-order valence-electron chi connectivity index (χ0n) is 11.4. The lowest BCUT2D eigenvalue weighted by Gasteiger charge is -2.34. The van der Waals surface area contributed by atoms with Gasteiger partial charge in [-0.15, -0.1) is 0 Å². The van der Waals surface area contributed by atoms with Crippen LogP contribution in [0.15, 0.2) is 16.7 Å². The van der Waals surface area contributed by atoms with Crippen molar-refractivity contribution in [1.29, 1.82) is 0 Å². The van der Waals surface area contributed by atoms with Crippen LogP contribution in [0.3, 0.4) is 0 Å². The average molecular weight is 279 g/mol. The van der Waals surface area contributed by atoms with Crippen LogP contribution in [0.25, 0.3) is 0 Å². The highest BCUT2D eigenvalue weighted by atomic mass is 16.3. The third kappa shape index (κ3) is 2.72. The predicted molar refractivity (Wildman–Crippen MR) is 68.9 cm³/mol. The van der Waals surface area contributed by atoms with Crippen LogP contribution in [0.4, 0.5) is 0 Å². The maximum absolute atomic E-state index is 12.0. The van der Waals surface area contributed by atoms with Crippen LogP contribution >= 0.6 is 0 Å². The maximum atomic E-state index is 12.0. The molecule has 1 aromatic rings. The molecular formula is C13H17N3O4. The lowest BCUT2D eigenvalue weighted by molar-refractivity contribution is -0.153. The van der Waals surface area contributed by atoms with Gasteiger partial charge >= 0.3 is 5.91 Å². The third-order valence-corrected chi connectivity index (χ3v) is 3.27. The smallest absolute Gasteiger partial charge is 0.301 e. The number of piperidine rings is 1. The van der Waals surface area contributed by atoms with Crippen LogP contribution in [0.1, 0.15) is 42.8 Å². The number of hydrogen-bond donors (Lipinski definition) is 2. The molecule has 0 saturated carbocycles. The number of furan rings is 1. The highest BCUT2D eigenvalue weighted by Gasteiger charge is 2.37. The minimum atomic E-state index is -0.595. The number of nitrogens with two attached hydrogens (primary N) is 1. The monoisotopic (exact) mass is 279 g/mol. The van der Waals surface area contributed by atoms with Crippen molar-refractivity contribution < 1.29 is 18.8 Å². The van der Waals surface area contributed by atoms with Gasteiger partial charge in [-0.05, 0) is 11.5 Å². The number of nitrogens with zero attached hydrogens (tertiary/aromatic N) is 1. The number of likely N-dealkylation sites (tertiary alicyclic amines) is 1. The molecule has 0 bridgehead atoms. The topological polar surface area (TPSA) is 106 Å². The quantitative estimate of drug-likeness (QED) is 0.364. The van der Waals surface area contributed by atoms with Gasteiger partial charge in [-0.25, -0.2) is 5.84 Å². The summed E-state index contributed by atoms with van der Waals surface area (Å²) in [5, 5.41) is 0. The Hall–Kier alpha value is -2.15. The lowest BCUT2D eigenvalue weighted by Crippen LogP contribution is -2.45. The molecule has 20 heavy (non-hydrogen) atoms. The molecule has 2 heterocycles. The maximum Gasteiger partial charge on any atom is 0.301 e. The van der Waals surface area contributed by atoms with Gasteiger partial charge in [0.25, 0.3) is 0 Å². The van der Waals surface area contributed by atoms with Crippen LogP contribution < -0.4 is 11.3 Å². The summed E-state index contributed by atoms with van der Waals surface area (Å²) in [7, 11) is 0. The third-order valence-electron chi connectivity index (χ3n) is 3.27. The van der Waals surface area contributed by atoms with E-state index in [0.717, 1.165) is 4.90 Å². The fourth-order valence-electron chi connectivity index (χ4n) is 2.28. The highest BCUT2D eigenvalue weighted by molar-refractivity contribution is 5.99. The zero-order valence-corrected chi connectivity index (χ0v) is 11.4. The largest absolute Gasteiger partial charge is 0.459 e. The van der Waals surface area contributed by atoms with Crippen LogP contribution in [0.2, 0.25) is 0 Å². The molecule has 1 aromatic heterocycles. The second kappa shape index (κ2) is 5.09. The van der Waals surface area contributed by atoms with E-state index in [2.05, 4.69) is 0 Å². The number of carbonyl (C=O) groups is 3. The van der Waals surface area contributed by atoms with Crippen molar-refractivity contribution in [3.05, 3.63) is 23.7 Å². The molecule has 0 aliphatic carbocycles. The Labute approximate surface area is 116 Å². The molecular weight excluding hydrogens is 262 g/mol. The molecule has 0 aromatic carbocycles. The molecule has 7 nitrogen and oxygen atoms in total. The number of amides is 3. The molecule has 3 N–H and O–H groups in total. The molecule has 0 radical (unpaired) electrons. The van der Waals surface area contributed by atoms with Gasteiger partial charge in [-0.1, -0.05) is 13.8 Å². The zero-order chi connectivity index (χ0) is 14.9. The van der Waals surface area contributed by atoms with Gasteiger partial charge in [-0.3, -0.25) is 24.7 Å². The first-order valence-electron chi connectivity index (χ1n) is 6.24. The summed E-state index contributed by atoms with van der Waals surface area (Å²) in [6.07, 6.45) is 1.92. The van der Waals surface area contributed by atoms with Crippen molar-refractivity contribution in [2.45, 2.75) is 33.2 Å². The summed E-state index contributed by atoms with van der Waals surface area (Å²) in [4.78, 5) is 36.7. The molecule has 3 amide bonds. The number of hydrogen-bond acceptors (Lipinski definition) is 5. The Bertz CT molecular complexity index is 542. The molecule has 1 fully saturated rings. The fraction of sp³-hybridized carbons (Fsp3) is 0.462. The first-order chi connectivity index (χ1) is 9.34.